The van der Waals surface area contributed by atoms with Gasteiger partial charge in [-0.15, -0.1) is 0 Å². The van der Waals surface area contributed by atoms with Gasteiger partial charge in [0.1, 0.15) is 5.75 Å². The van der Waals surface area contributed by atoms with Crippen LogP contribution in [0, 0.1) is 3.57 Å². The second-order valence-corrected chi connectivity index (χ2v) is 6.23. The Morgan fingerprint density at radius 3 is 2.68 bits per heavy atom. The fourth-order valence-corrected chi connectivity index (χ4v) is 2.63. The first-order valence-corrected chi connectivity index (χ1v) is 7.47. The number of hydrogen-bond donors (Lipinski definition) is 2. The zero-order chi connectivity index (χ0) is 14.0. The van der Waals surface area contributed by atoms with E-state index >= 15 is 0 Å². The molecule has 0 aliphatic rings. The van der Waals surface area contributed by atoms with E-state index in [1.165, 1.54) is 12.1 Å². The number of aromatic hydroxyl groups is 1. The molecule has 0 aliphatic heterocycles. The van der Waals surface area contributed by atoms with Crippen LogP contribution in [0.1, 0.15) is 10.4 Å². The molecule has 0 aliphatic carbocycles. The summed E-state index contributed by atoms with van der Waals surface area (Å²) in [5, 5.41) is 12.3. The number of anilines is 1. The molecule has 0 radical (unpaired) electrons. The molecule has 2 aromatic carbocycles. The van der Waals surface area contributed by atoms with Crippen LogP contribution in [0.5, 0.6) is 5.75 Å². The van der Waals surface area contributed by atoms with Crippen LogP contribution in [0.3, 0.4) is 0 Å². The van der Waals surface area contributed by atoms with Gasteiger partial charge in [0.25, 0.3) is 5.91 Å². The second kappa shape index (κ2) is 6.11. The minimum Gasteiger partial charge on any atom is -0.508 e. The average Bonchev–Trinajstić information content (AvgIpc) is 2.35. The fraction of sp³-hybridized carbons (Fsp3) is 0. The van der Waals surface area contributed by atoms with Crippen molar-refractivity contribution in [3.05, 3.63) is 55.0 Å². The molecular formula is C13H8BrClINO2. The van der Waals surface area contributed by atoms with Gasteiger partial charge in [-0.3, -0.25) is 4.79 Å². The summed E-state index contributed by atoms with van der Waals surface area (Å²) >= 11 is 11.4. The van der Waals surface area contributed by atoms with E-state index in [0.717, 1.165) is 8.04 Å². The Kier molecular flexibility index (Phi) is 4.70. The van der Waals surface area contributed by atoms with Gasteiger partial charge < -0.3 is 10.4 Å². The number of rotatable bonds is 2. The van der Waals surface area contributed by atoms with E-state index in [1.54, 1.807) is 12.1 Å². The lowest BCUT2D eigenvalue weighted by Crippen LogP contribution is -2.13. The summed E-state index contributed by atoms with van der Waals surface area (Å²) in [6.07, 6.45) is 0. The molecule has 0 heterocycles. The standard InChI is InChI=1S/C13H8BrClINO2/c14-7-1-3-11(16)9(5-7)13(19)17-12-4-2-8(18)6-10(12)15/h1-6,18H,(H,17,19). The van der Waals surface area contributed by atoms with Gasteiger partial charge in [0.2, 0.25) is 0 Å². The monoisotopic (exact) mass is 451 g/mol. The number of carbonyl (C=O) groups excluding carboxylic acids is 1. The van der Waals surface area contributed by atoms with E-state index in [1.807, 2.05) is 12.1 Å². The summed E-state index contributed by atoms with van der Waals surface area (Å²) in [5.41, 5.74) is 1.01. The van der Waals surface area contributed by atoms with Gasteiger partial charge >= 0.3 is 0 Å². The lowest BCUT2D eigenvalue weighted by atomic mass is 10.2. The largest absolute Gasteiger partial charge is 0.508 e. The first-order chi connectivity index (χ1) is 8.97. The second-order valence-electron chi connectivity index (χ2n) is 3.74. The number of amides is 1. The first kappa shape index (κ1) is 14.6. The van der Waals surface area contributed by atoms with Crippen LogP contribution < -0.4 is 5.32 Å². The first-order valence-electron chi connectivity index (χ1n) is 5.22. The van der Waals surface area contributed by atoms with E-state index < -0.39 is 0 Å². The Morgan fingerprint density at radius 2 is 2.00 bits per heavy atom. The summed E-state index contributed by atoms with van der Waals surface area (Å²) in [7, 11) is 0. The van der Waals surface area contributed by atoms with Crippen molar-refractivity contribution in [3.63, 3.8) is 0 Å². The number of nitrogens with one attached hydrogen (secondary N) is 1. The number of benzene rings is 2. The zero-order valence-electron chi connectivity index (χ0n) is 9.45. The van der Waals surface area contributed by atoms with Crippen LogP contribution in [-0.4, -0.2) is 11.0 Å². The third-order valence-electron chi connectivity index (χ3n) is 2.37. The molecule has 6 heteroatoms. The van der Waals surface area contributed by atoms with Crippen LogP contribution >= 0.6 is 50.1 Å². The van der Waals surface area contributed by atoms with Crippen LogP contribution in [0.2, 0.25) is 5.02 Å². The van der Waals surface area contributed by atoms with E-state index in [2.05, 4.69) is 43.8 Å². The smallest absolute Gasteiger partial charge is 0.256 e. The highest BCUT2D eigenvalue weighted by Gasteiger charge is 2.12. The van der Waals surface area contributed by atoms with Crippen LogP contribution in [0.15, 0.2) is 40.9 Å². The highest BCUT2D eigenvalue weighted by molar-refractivity contribution is 14.1. The van der Waals surface area contributed by atoms with Gasteiger partial charge in [0.15, 0.2) is 0 Å². The molecule has 1 amide bonds. The molecule has 2 N–H and O–H groups in total. The highest BCUT2D eigenvalue weighted by Crippen LogP contribution is 2.27. The van der Waals surface area contributed by atoms with E-state index in [-0.39, 0.29) is 11.7 Å². The van der Waals surface area contributed by atoms with Crippen molar-refractivity contribution in [2.24, 2.45) is 0 Å². The molecule has 0 unspecified atom stereocenters. The third-order valence-corrected chi connectivity index (χ3v) is 4.12. The van der Waals surface area contributed by atoms with Gasteiger partial charge in [-0.2, -0.15) is 0 Å². The maximum absolute atomic E-state index is 12.2. The minimum absolute atomic E-state index is 0.0556. The molecular weight excluding hydrogens is 444 g/mol. The van der Waals surface area contributed by atoms with Gasteiger partial charge in [0, 0.05) is 14.1 Å². The van der Waals surface area contributed by atoms with Crippen molar-refractivity contribution < 1.29 is 9.90 Å². The molecule has 3 nitrogen and oxygen atoms in total. The Bertz CT molecular complexity index is 649. The Hall–Kier alpha value is -0.790. The van der Waals surface area contributed by atoms with Gasteiger partial charge in [-0.05, 0) is 52.9 Å². The van der Waals surface area contributed by atoms with Crippen molar-refractivity contribution in [2.75, 3.05) is 5.32 Å². The number of hydrogen-bond acceptors (Lipinski definition) is 2. The summed E-state index contributed by atoms with van der Waals surface area (Å²) in [6, 6.07) is 9.85. The number of carbonyl (C=O) groups is 1. The van der Waals surface area contributed by atoms with Crippen molar-refractivity contribution in [1.29, 1.82) is 0 Å². The summed E-state index contributed by atoms with van der Waals surface area (Å²) < 4.78 is 1.67. The fourth-order valence-electron chi connectivity index (χ4n) is 1.47. The third kappa shape index (κ3) is 3.61. The lowest BCUT2D eigenvalue weighted by Gasteiger charge is -2.09. The summed E-state index contributed by atoms with van der Waals surface area (Å²) in [6.45, 7) is 0. The Morgan fingerprint density at radius 1 is 1.26 bits per heavy atom. The molecule has 0 spiro atoms. The predicted octanol–water partition coefficient (Wildman–Crippen LogP) is 4.67. The zero-order valence-corrected chi connectivity index (χ0v) is 14.0. The number of halogens is 3. The summed E-state index contributed by atoms with van der Waals surface area (Å²) in [5.74, 6) is -0.196. The lowest BCUT2D eigenvalue weighted by molar-refractivity contribution is 0.102. The molecule has 98 valence electrons. The molecule has 19 heavy (non-hydrogen) atoms. The highest BCUT2D eigenvalue weighted by atomic mass is 127. The molecule has 0 fully saturated rings. The number of phenolic OH excluding ortho intramolecular Hbond substituents is 1. The molecule has 0 aromatic heterocycles. The Balaban J connectivity index is 2.28. The van der Waals surface area contributed by atoms with Gasteiger partial charge in [-0.1, -0.05) is 27.5 Å². The maximum Gasteiger partial charge on any atom is 0.256 e. The van der Waals surface area contributed by atoms with E-state index in [0.29, 0.717) is 16.3 Å². The van der Waals surface area contributed by atoms with Crippen LogP contribution in [0.25, 0.3) is 0 Å². The SMILES string of the molecule is O=C(Nc1ccc(O)cc1Cl)c1cc(Br)ccc1I. The van der Waals surface area contributed by atoms with Crippen molar-refractivity contribution >= 4 is 61.7 Å². The number of phenols is 1. The van der Waals surface area contributed by atoms with Crippen molar-refractivity contribution in [2.45, 2.75) is 0 Å². The summed E-state index contributed by atoms with van der Waals surface area (Å²) in [4.78, 5) is 12.2. The maximum atomic E-state index is 12.2. The molecule has 0 bridgehead atoms. The normalized spacial score (nSPS) is 10.3. The van der Waals surface area contributed by atoms with Gasteiger partial charge in [0.05, 0.1) is 16.3 Å². The molecule has 2 rings (SSSR count). The molecule has 0 saturated carbocycles. The molecule has 0 atom stereocenters. The van der Waals surface area contributed by atoms with Gasteiger partial charge in [-0.25, -0.2) is 0 Å². The van der Waals surface area contributed by atoms with Crippen LogP contribution in [0.4, 0.5) is 5.69 Å². The predicted molar refractivity (Wildman–Crippen MR) is 87.9 cm³/mol. The quantitative estimate of drug-likeness (QED) is 0.514. The minimum atomic E-state index is -0.252. The Labute approximate surface area is 137 Å². The van der Waals surface area contributed by atoms with Crippen LogP contribution in [-0.2, 0) is 0 Å². The molecule has 0 saturated heterocycles. The van der Waals surface area contributed by atoms with Crippen molar-refractivity contribution in [1.82, 2.24) is 0 Å². The van der Waals surface area contributed by atoms with Crippen molar-refractivity contribution in [3.8, 4) is 5.75 Å². The van der Waals surface area contributed by atoms with E-state index in [4.69, 9.17) is 11.6 Å². The molecule has 2 aromatic rings. The topological polar surface area (TPSA) is 49.3 Å². The average molecular weight is 452 g/mol. The van der Waals surface area contributed by atoms with E-state index in [9.17, 15) is 9.90 Å².